The van der Waals surface area contributed by atoms with Gasteiger partial charge in [0.25, 0.3) is 0 Å². The summed E-state index contributed by atoms with van der Waals surface area (Å²) in [6.45, 7) is 2.02. The van der Waals surface area contributed by atoms with Gasteiger partial charge in [-0.2, -0.15) is 0 Å². The number of thiophene rings is 1. The average molecular weight is 310 g/mol. The zero-order valence-electron chi connectivity index (χ0n) is 12.4. The number of carbonyl (C=O) groups is 2. The van der Waals surface area contributed by atoms with Crippen molar-refractivity contribution in [2.24, 2.45) is 5.92 Å². The summed E-state index contributed by atoms with van der Waals surface area (Å²) in [6.07, 6.45) is 2.77. The van der Waals surface area contributed by atoms with E-state index in [9.17, 15) is 9.59 Å². The van der Waals surface area contributed by atoms with Gasteiger partial charge in [-0.3, -0.25) is 4.79 Å². The highest BCUT2D eigenvalue weighted by Gasteiger charge is 2.31. The molecule has 5 nitrogen and oxygen atoms in total. The topological polar surface area (TPSA) is 69.6 Å². The van der Waals surface area contributed by atoms with Gasteiger partial charge in [0.1, 0.15) is 0 Å². The Hall–Kier alpha value is -1.56. The van der Waals surface area contributed by atoms with Gasteiger partial charge in [-0.25, -0.2) is 4.79 Å². The summed E-state index contributed by atoms with van der Waals surface area (Å²) in [6, 6.07) is 4.06. The molecule has 2 N–H and O–H groups in total. The summed E-state index contributed by atoms with van der Waals surface area (Å²) in [5.41, 5.74) is 0. The highest BCUT2D eigenvalue weighted by molar-refractivity contribution is 7.09. The monoisotopic (exact) mass is 310 g/mol. The molecule has 1 aliphatic carbocycles. The molecule has 0 saturated heterocycles. The molecule has 0 spiro atoms. The molecule has 1 saturated carbocycles. The Kier molecular flexibility index (Phi) is 5.22. The van der Waals surface area contributed by atoms with Crippen molar-refractivity contribution < 1.29 is 14.7 Å². The number of rotatable bonds is 5. The molecule has 1 unspecified atom stereocenters. The van der Waals surface area contributed by atoms with Gasteiger partial charge < -0.3 is 15.3 Å². The van der Waals surface area contributed by atoms with E-state index in [0.717, 1.165) is 12.8 Å². The fraction of sp³-hybridized carbons (Fsp3) is 0.600. The van der Waals surface area contributed by atoms with Crippen molar-refractivity contribution in [3.05, 3.63) is 22.4 Å². The molecule has 3 atom stereocenters. The van der Waals surface area contributed by atoms with Gasteiger partial charge in [0.05, 0.1) is 5.92 Å². The van der Waals surface area contributed by atoms with E-state index in [2.05, 4.69) is 11.4 Å². The molecule has 0 radical (unpaired) electrons. The Morgan fingerprint density at radius 3 is 2.86 bits per heavy atom. The first-order chi connectivity index (χ1) is 9.97. The van der Waals surface area contributed by atoms with Crippen molar-refractivity contribution in [3.63, 3.8) is 0 Å². The van der Waals surface area contributed by atoms with Crippen LogP contribution < -0.4 is 5.32 Å². The van der Waals surface area contributed by atoms with Crippen LogP contribution in [0.2, 0.25) is 0 Å². The van der Waals surface area contributed by atoms with E-state index in [1.807, 2.05) is 18.4 Å². The number of carboxylic acid groups (broad SMARTS) is 1. The van der Waals surface area contributed by atoms with Gasteiger partial charge in [0.15, 0.2) is 0 Å². The van der Waals surface area contributed by atoms with Gasteiger partial charge in [-0.05, 0) is 37.6 Å². The molecule has 116 valence electrons. The Balaban J connectivity index is 1.81. The van der Waals surface area contributed by atoms with E-state index < -0.39 is 5.97 Å². The molecule has 0 bridgehead atoms. The number of hydrogen-bond donors (Lipinski definition) is 2. The van der Waals surface area contributed by atoms with Crippen LogP contribution in [0.5, 0.6) is 0 Å². The molecule has 0 aliphatic heterocycles. The number of hydrogen-bond acceptors (Lipinski definition) is 3. The number of carboxylic acids is 1. The molecule has 0 aromatic carbocycles. The Morgan fingerprint density at radius 1 is 1.52 bits per heavy atom. The second-order valence-corrected chi connectivity index (χ2v) is 6.77. The SMILES string of the molecule is CC(Cc1cccs1)N(C)C(=O)N[C@H]1CC[C@@H](C(=O)O)C1. The van der Waals surface area contributed by atoms with Gasteiger partial charge in [-0.15, -0.1) is 11.3 Å². The summed E-state index contributed by atoms with van der Waals surface area (Å²) in [5.74, 6) is -1.07. The van der Waals surface area contributed by atoms with Crippen molar-refractivity contribution in [1.29, 1.82) is 0 Å². The standard InChI is InChI=1S/C15H22N2O3S/c1-10(8-13-4-3-7-21-13)17(2)15(20)16-12-6-5-11(9-12)14(18)19/h3-4,7,10-12H,5-6,8-9H2,1-2H3,(H,16,20)(H,18,19)/t10?,11-,12+/m1/s1. The van der Waals surface area contributed by atoms with Crippen LogP contribution in [-0.4, -0.2) is 41.1 Å². The van der Waals surface area contributed by atoms with Crippen LogP contribution in [0.15, 0.2) is 17.5 Å². The number of aliphatic carboxylic acids is 1. The van der Waals surface area contributed by atoms with E-state index in [4.69, 9.17) is 5.11 Å². The molecule has 6 heteroatoms. The highest BCUT2D eigenvalue weighted by Crippen LogP contribution is 2.25. The third-order valence-electron chi connectivity index (χ3n) is 4.17. The molecule has 2 rings (SSSR count). The second-order valence-electron chi connectivity index (χ2n) is 5.74. The molecule has 1 aromatic rings. The minimum absolute atomic E-state index is 0.0185. The number of urea groups is 1. The number of likely N-dealkylation sites (N-methyl/N-ethyl adjacent to an activating group) is 1. The molecular formula is C15H22N2O3S. The largest absolute Gasteiger partial charge is 0.481 e. The lowest BCUT2D eigenvalue weighted by Gasteiger charge is -2.26. The van der Waals surface area contributed by atoms with Crippen molar-refractivity contribution in [2.45, 2.75) is 44.7 Å². The lowest BCUT2D eigenvalue weighted by Crippen LogP contribution is -2.46. The third-order valence-corrected chi connectivity index (χ3v) is 5.07. The number of amides is 2. The minimum atomic E-state index is -0.758. The third kappa shape index (κ3) is 4.20. The first-order valence-electron chi connectivity index (χ1n) is 7.26. The molecule has 2 amide bonds. The molecule has 1 fully saturated rings. The number of nitrogens with one attached hydrogen (secondary N) is 1. The van der Waals surface area contributed by atoms with Crippen LogP contribution in [0.25, 0.3) is 0 Å². The van der Waals surface area contributed by atoms with E-state index in [1.165, 1.54) is 4.88 Å². The Labute approximate surface area is 129 Å². The maximum Gasteiger partial charge on any atom is 0.317 e. The van der Waals surface area contributed by atoms with Crippen molar-refractivity contribution >= 4 is 23.3 Å². The van der Waals surface area contributed by atoms with Gasteiger partial charge in [-0.1, -0.05) is 6.07 Å². The van der Waals surface area contributed by atoms with Gasteiger partial charge >= 0.3 is 12.0 Å². The maximum absolute atomic E-state index is 12.2. The van der Waals surface area contributed by atoms with Crippen molar-refractivity contribution in [1.82, 2.24) is 10.2 Å². The van der Waals surface area contributed by atoms with Crippen LogP contribution in [0.3, 0.4) is 0 Å². The van der Waals surface area contributed by atoms with Crippen molar-refractivity contribution in [2.75, 3.05) is 7.05 Å². The minimum Gasteiger partial charge on any atom is -0.481 e. The zero-order valence-corrected chi connectivity index (χ0v) is 13.2. The predicted molar refractivity (Wildman–Crippen MR) is 82.5 cm³/mol. The lowest BCUT2D eigenvalue weighted by atomic mass is 10.1. The first-order valence-corrected chi connectivity index (χ1v) is 8.14. The quantitative estimate of drug-likeness (QED) is 0.878. The van der Waals surface area contributed by atoms with Crippen molar-refractivity contribution in [3.8, 4) is 0 Å². The van der Waals surface area contributed by atoms with Crippen LogP contribution in [-0.2, 0) is 11.2 Å². The zero-order chi connectivity index (χ0) is 15.4. The molecule has 1 aliphatic rings. The molecule has 21 heavy (non-hydrogen) atoms. The fourth-order valence-electron chi connectivity index (χ4n) is 2.67. The summed E-state index contributed by atoms with van der Waals surface area (Å²) < 4.78 is 0. The predicted octanol–water partition coefficient (Wildman–Crippen LogP) is 2.57. The average Bonchev–Trinajstić information content (AvgIpc) is 3.09. The fourth-order valence-corrected chi connectivity index (χ4v) is 3.50. The molecule has 1 heterocycles. The molecule has 1 aromatic heterocycles. The van der Waals surface area contributed by atoms with Crippen LogP contribution in [0.1, 0.15) is 31.1 Å². The lowest BCUT2D eigenvalue weighted by molar-refractivity contribution is -0.141. The summed E-state index contributed by atoms with van der Waals surface area (Å²) in [7, 11) is 1.79. The number of carbonyl (C=O) groups excluding carboxylic acids is 1. The smallest absolute Gasteiger partial charge is 0.317 e. The van der Waals surface area contributed by atoms with Crippen LogP contribution in [0, 0.1) is 5.92 Å². The van der Waals surface area contributed by atoms with Gasteiger partial charge in [0, 0.05) is 30.4 Å². The van der Waals surface area contributed by atoms with Crippen LogP contribution >= 0.6 is 11.3 Å². The maximum atomic E-state index is 12.2. The molecular weight excluding hydrogens is 288 g/mol. The Bertz CT molecular complexity index is 489. The summed E-state index contributed by atoms with van der Waals surface area (Å²) >= 11 is 1.69. The second kappa shape index (κ2) is 6.93. The van der Waals surface area contributed by atoms with Gasteiger partial charge in [0.2, 0.25) is 0 Å². The Morgan fingerprint density at radius 2 is 2.29 bits per heavy atom. The normalized spacial score (nSPS) is 22.8. The van der Waals surface area contributed by atoms with Crippen LogP contribution in [0.4, 0.5) is 4.79 Å². The van der Waals surface area contributed by atoms with E-state index in [-0.39, 0.29) is 24.0 Å². The summed E-state index contributed by atoms with van der Waals surface area (Å²) in [5, 5.41) is 14.0. The highest BCUT2D eigenvalue weighted by atomic mass is 32.1. The number of nitrogens with zero attached hydrogens (tertiary/aromatic N) is 1. The first kappa shape index (κ1) is 15.8. The van der Waals surface area contributed by atoms with E-state index in [1.54, 1.807) is 23.3 Å². The summed E-state index contributed by atoms with van der Waals surface area (Å²) in [4.78, 5) is 26.1. The van der Waals surface area contributed by atoms with E-state index >= 15 is 0 Å². The van der Waals surface area contributed by atoms with E-state index in [0.29, 0.717) is 12.8 Å².